The molecule has 0 saturated heterocycles. The number of nitrogens with one attached hydrogen (secondary N) is 1. The highest BCUT2D eigenvalue weighted by molar-refractivity contribution is 5.64. The molecule has 0 fully saturated rings. The van der Waals surface area contributed by atoms with Crippen LogP contribution in [0.25, 0.3) is 11.3 Å². The van der Waals surface area contributed by atoms with Crippen LogP contribution < -0.4 is 11.2 Å². The fraction of sp³-hybridized carbons (Fsp3) is 0.286. The number of aromatic nitrogens is 2. The van der Waals surface area contributed by atoms with Crippen LogP contribution in [0.4, 0.5) is 24.9 Å². The lowest BCUT2D eigenvalue weighted by molar-refractivity contribution is 0.399. The summed E-state index contributed by atoms with van der Waals surface area (Å²) < 4.78 is 39.7. The molecular weight excluding hydrogens is 295 g/mol. The molecule has 1 aromatic heterocycles. The molecule has 5 nitrogen and oxygen atoms in total. The summed E-state index contributed by atoms with van der Waals surface area (Å²) in [7, 11) is 1.82. The van der Waals surface area contributed by atoms with Gasteiger partial charge in [-0.25, -0.2) is 23.2 Å². The van der Waals surface area contributed by atoms with Crippen molar-refractivity contribution in [2.75, 3.05) is 24.8 Å². The molecule has 2 aromatic rings. The average Bonchev–Trinajstić information content (AvgIpc) is 2.43. The van der Waals surface area contributed by atoms with E-state index in [1.807, 2.05) is 14.0 Å². The Kier molecular flexibility index (Phi) is 4.81. The van der Waals surface area contributed by atoms with Gasteiger partial charge >= 0.3 is 0 Å². The fourth-order valence-corrected chi connectivity index (χ4v) is 1.96. The first-order chi connectivity index (χ1) is 10.4. The van der Waals surface area contributed by atoms with Crippen LogP contribution in [0, 0.1) is 17.5 Å². The summed E-state index contributed by atoms with van der Waals surface area (Å²) in [6.45, 7) is 2.78. The zero-order valence-electron chi connectivity index (χ0n) is 12.2. The minimum absolute atomic E-state index is 0.0601. The summed E-state index contributed by atoms with van der Waals surface area (Å²) in [4.78, 5) is 7.92. The number of benzene rings is 1. The van der Waals surface area contributed by atoms with E-state index in [-0.39, 0.29) is 17.2 Å². The van der Waals surface area contributed by atoms with Crippen LogP contribution in [0.2, 0.25) is 0 Å². The fourth-order valence-electron chi connectivity index (χ4n) is 1.96. The van der Waals surface area contributed by atoms with Crippen molar-refractivity contribution < 1.29 is 13.2 Å². The Morgan fingerprint density at radius 3 is 2.36 bits per heavy atom. The molecular formula is C14H16F3N5. The highest BCUT2D eigenvalue weighted by Gasteiger charge is 2.14. The number of nitrogen functional groups attached to an aromatic ring is 1. The van der Waals surface area contributed by atoms with Crippen molar-refractivity contribution in [1.82, 2.24) is 15.0 Å². The molecule has 0 atom stereocenters. The molecule has 1 aromatic carbocycles. The Morgan fingerprint density at radius 1 is 1.14 bits per heavy atom. The van der Waals surface area contributed by atoms with Crippen LogP contribution >= 0.6 is 0 Å². The molecule has 0 amide bonds. The van der Waals surface area contributed by atoms with Gasteiger partial charge in [-0.2, -0.15) is 4.98 Å². The first kappa shape index (κ1) is 16.0. The maximum atomic E-state index is 13.3. The summed E-state index contributed by atoms with van der Waals surface area (Å²) in [5.74, 6) is -3.78. The molecule has 0 aliphatic heterocycles. The Hall–Kier alpha value is -2.35. The van der Waals surface area contributed by atoms with E-state index in [1.165, 1.54) is 6.07 Å². The largest absolute Gasteiger partial charge is 0.368 e. The van der Waals surface area contributed by atoms with Gasteiger partial charge in [0.1, 0.15) is 5.82 Å². The van der Waals surface area contributed by atoms with E-state index in [9.17, 15) is 13.2 Å². The molecule has 2 rings (SSSR count). The molecule has 0 radical (unpaired) electrons. The molecule has 118 valence electrons. The van der Waals surface area contributed by atoms with Gasteiger partial charge in [0.2, 0.25) is 5.95 Å². The van der Waals surface area contributed by atoms with E-state index in [1.54, 1.807) is 5.01 Å². The summed E-state index contributed by atoms with van der Waals surface area (Å²) in [5.41, 5.74) is 8.85. The zero-order chi connectivity index (χ0) is 16.3. The maximum Gasteiger partial charge on any atom is 0.222 e. The van der Waals surface area contributed by atoms with Crippen molar-refractivity contribution in [3.63, 3.8) is 0 Å². The van der Waals surface area contributed by atoms with Crippen LogP contribution in [0.5, 0.6) is 0 Å². The number of nitrogens with zero attached hydrogens (tertiary/aromatic N) is 3. The van der Waals surface area contributed by atoms with Crippen LogP contribution in [0.3, 0.4) is 0 Å². The number of halogens is 3. The van der Waals surface area contributed by atoms with Crippen molar-refractivity contribution in [1.29, 1.82) is 0 Å². The van der Waals surface area contributed by atoms with E-state index in [0.717, 1.165) is 25.1 Å². The number of hydrazine groups is 1. The predicted octanol–water partition coefficient (Wildman–Crippen LogP) is 2.81. The van der Waals surface area contributed by atoms with Crippen LogP contribution in [-0.2, 0) is 0 Å². The van der Waals surface area contributed by atoms with E-state index < -0.39 is 17.5 Å². The summed E-state index contributed by atoms with van der Waals surface area (Å²) >= 11 is 0. The third kappa shape index (κ3) is 3.64. The number of anilines is 2. The molecule has 1 heterocycles. The molecule has 0 spiro atoms. The Labute approximate surface area is 126 Å². The first-order valence-electron chi connectivity index (χ1n) is 6.68. The van der Waals surface area contributed by atoms with E-state index >= 15 is 0 Å². The van der Waals surface area contributed by atoms with Gasteiger partial charge in [-0.15, -0.1) is 0 Å². The molecule has 0 aliphatic rings. The lowest BCUT2D eigenvalue weighted by Gasteiger charge is -2.18. The Bertz CT molecular complexity index is 655. The second-order valence-electron chi connectivity index (χ2n) is 4.78. The lowest BCUT2D eigenvalue weighted by Crippen LogP contribution is -2.26. The summed E-state index contributed by atoms with van der Waals surface area (Å²) in [6, 6.07) is 3.20. The van der Waals surface area contributed by atoms with Crippen LogP contribution in [-0.4, -0.2) is 28.6 Å². The standard InChI is InChI=1S/C14H16F3N5/c1-3-4-22(2)21-12-7-11(19-14(18)20-12)8-5-9(15)13(17)10(16)6-8/h5-7H,3-4H2,1-2H3,(H3,18,19,20,21). The maximum absolute atomic E-state index is 13.3. The van der Waals surface area contributed by atoms with Crippen molar-refractivity contribution in [2.45, 2.75) is 13.3 Å². The minimum Gasteiger partial charge on any atom is -0.368 e. The second-order valence-corrected chi connectivity index (χ2v) is 4.78. The third-order valence-corrected chi connectivity index (χ3v) is 2.89. The molecule has 0 bridgehead atoms. The molecule has 0 saturated carbocycles. The van der Waals surface area contributed by atoms with Crippen molar-refractivity contribution in [3.8, 4) is 11.3 Å². The highest BCUT2D eigenvalue weighted by Crippen LogP contribution is 2.24. The molecule has 0 unspecified atom stereocenters. The zero-order valence-corrected chi connectivity index (χ0v) is 12.2. The van der Waals surface area contributed by atoms with E-state index in [2.05, 4.69) is 15.4 Å². The van der Waals surface area contributed by atoms with Gasteiger partial charge in [-0.05, 0) is 18.6 Å². The van der Waals surface area contributed by atoms with Gasteiger partial charge < -0.3 is 11.2 Å². The number of rotatable bonds is 5. The van der Waals surface area contributed by atoms with Crippen LogP contribution in [0.1, 0.15) is 13.3 Å². The van der Waals surface area contributed by atoms with E-state index in [4.69, 9.17) is 5.73 Å². The van der Waals surface area contributed by atoms with Crippen molar-refractivity contribution >= 4 is 11.8 Å². The van der Waals surface area contributed by atoms with Crippen molar-refractivity contribution in [2.24, 2.45) is 0 Å². The molecule has 3 N–H and O–H groups in total. The minimum atomic E-state index is -1.52. The number of hydrogen-bond acceptors (Lipinski definition) is 5. The van der Waals surface area contributed by atoms with Gasteiger partial charge in [0.15, 0.2) is 17.5 Å². The van der Waals surface area contributed by atoms with E-state index in [0.29, 0.717) is 5.82 Å². The SMILES string of the molecule is CCCN(C)Nc1cc(-c2cc(F)c(F)c(F)c2)nc(N)n1. The van der Waals surface area contributed by atoms with Gasteiger partial charge in [0.05, 0.1) is 5.69 Å². The average molecular weight is 311 g/mol. The monoisotopic (exact) mass is 311 g/mol. The van der Waals surface area contributed by atoms with Gasteiger partial charge in [-0.1, -0.05) is 6.92 Å². The Balaban J connectivity index is 2.37. The summed E-state index contributed by atoms with van der Waals surface area (Å²) in [6.07, 6.45) is 0.922. The second kappa shape index (κ2) is 6.61. The molecule has 0 aliphatic carbocycles. The lowest BCUT2D eigenvalue weighted by atomic mass is 10.1. The summed E-state index contributed by atoms with van der Waals surface area (Å²) in [5, 5.41) is 1.79. The van der Waals surface area contributed by atoms with Gasteiger partial charge in [0.25, 0.3) is 0 Å². The topological polar surface area (TPSA) is 67.1 Å². The normalized spacial score (nSPS) is 11.0. The number of nitrogens with two attached hydrogens (primary N) is 1. The molecule has 8 heteroatoms. The van der Waals surface area contributed by atoms with Crippen LogP contribution in [0.15, 0.2) is 18.2 Å². The quantitative estimate of drug-likeness (QED) is 0.656. The first-order valence-corrected chi connectivity index (χ1v) is 6.68. The number of hydrogen-bond donors (Lipinski definition) is 2. The van der Waals surface area contributed by atoms with Gasteiger partial charge in [-0.3, -0.25) is 0 Å². The Morgan fingerprint density at radius 2 is 1.77 bits per heavy atom. The smallest absolute Gasteiger partial charge is 0.222 e. The molecule has 22 heavy (non-hydrogen) atoms. The third-order valence-electron chi connectivity index (χ3n) is 2.89. The van der Waals surface area contributed by atoms with Crippen molar-refractivity contribution in [3.05, 3.63) is 35.7 Å². The predicted molar refractivity (Wildman–Crippen MR) is 78.3 cm³/mol. The van der Waals surface area contributed by atoms with Gasteiger partial charge in [0, 0.05) is 25.2 Å². The highest BCUT2D eigenvalue weighted by atomic mass is 19.2.